The fourth-order valence-corrected chi connectivity index (χ4v) is 2.62. The highest BCUT2D eigenvalue weighted by atomic mass is 16.5. The number of carbonyl (C=O) groups excluding carboxylic acids is 2. The molecule has 28 heavy (non-hydrogen) atoms. The minimum atomic E-state index is -0.595. The predicted molar refractivity (Wildman–Crippen MR) is 107 cm³/mol. The Hall–Kier alpha value is -3.38. The van der Waals surface area contributed by atoms with Crippen LogP contribution in [-0.2, 0) is 9.59 Å². The molecule has 2 aromatic carbocycles. The lowest BCUT2D eigenvalue weighted by Crippen LogP contribution is -2.26. The zero-order chi connectivity index (χ0) is 19.9. The van der Waals surface area contributed by atoms with Gasteiger partial charge in [0.2, 0.25) is 0 Å². The summed E-state index contributed by atoms with van der Waals surface area (Å²) >= 11 is 0. The number of amides is 2. The molecule has 6 nitrogen and oxygen atoms in total. The van der Waals surface area contributed by atoms with Crippen molar-refractivity contribution in [2.45, 2.75) is 18.9 Å². The number of rotatable bonds is 7. The van der Waals surface area contributed by atoms with Gasteiger partial charge in [0.1, 0.15) is 5.75 Å². The Bertz CT molecular complexity index is 895. The number of hydrogen-bond acceptors (Lipinski definition) is 4. The molecule has 1 fully saturated rings. The van der Waals surface area contributed by atoms with E-state index in [4.69, 9.17) is 9.94 Å². The van der Waals surface area contributed by atoms with Gasteiger partial charge >= 0.3 is 0 Å². The monoisotopic (exact) mass is 378 g/mol. The third kappa shape index (κ3) is 5.31. The summed E-state index contributed by atoms with van der Waals surface area (Å²) in [6.45, 7) is 0. The fraction of sp³-hybridized carbons (Fsp3) is 0.182. The molecule has 0 aromatic heterocycles. The summed E-state index contributed by atoms with van der Waals surface area (Å²) in [6, 6.07) is 15.0. The third-order valence-electron chi connectivity index (χ3n) is 4.34. The third-order valence-corrected chi connectivity index (χ3v) is 4.34. The average molecular weight is 378 g/mol. The first kappa shape index (κ1) is 19.4. The van der Waals surface area contributed by atoms with Gasteiger partial charge in [0.25, 0.3) is 11.8 Å². The number of methoxy groups -OCH3 is 1. The van der Waals surface area contributed by atoms with Gasteiger partial charge in [0, 0.05) is 17.7 Å². The Morgan fingerprint density at radius 3 is 2.25 bits per heavy atom. The fourth-order valence-electron chi connectivity index (χ4n) is 2.62. The first-order valence-corrected chi connectivity index (χ1v) is 8.98. The molecule has 0 radical (unpaired) electrons. The molecule has 144 valence electrons. The van der Waals surface area contributed by atoms with E-state index in [1.54, 1.807) is 18.7 Å². The maximum atomic E-state index is 12.7. The summed E-state index contributed by atoms with van der Waals surface area (Å²) in [5, 5.41) is 11.5. The highest BCUT2D eigenvalue weighted by molar-refractivity contribution is 6.24. The SMILES string of the molecule is COc1ccc(/C(=C/c2ccc(/C=C/C(=O)NO)cc2)C(=O)NC2CC2)cc1. The van der Waals surface area contributed by atoms with Gasteiger partial charge in [0.05, 0.1) is 7.11 Å². The summed E-state index contributed by atoms with van der Waals surface area (Å²) in [5.41, 5.74) is 4.59. The van der Waals surface area contributed by atoms with Gasteiger partial charge in [-0.25, -0.2) is 5.48 Å². The van der Waals surface area contributed by atoms with E-state index in [1.165, 1.54) is 6.08 Å². The van der Waals surface area contributed by atoms with Crippen molar-refractivity contribution in [3.8, 4) is 5.75 Å². The molecule has 0 heterocycles. The second-order valence-electron chi connectivity index (χ2n) is 6.51. The van der Waals surface area contributed by atoms with E-state index in [0.717, 1.165) is 35.3 Å². The van der Waals surface area contributed by atoms with Crippen LogP contribution in [0.1, 0.15) is 29.5 Å². The van der Waals surface area contributed by atoms with Crippen molar-refractivity contribution in [3.05, 3.63) is 71.3 Å². The lowest BCUT2D eigenvalue weighted by Gasteiger charge is -2.10. The first-order chi connectivity index (χ1) is 13.6. The van der Waals surface area contributed by atoms with E-state index in [1.807, 2.05) is 54.6 Å². The quantitative estimate of drug-likeness (QED) is 0.299. The van der Waals surface area contributed by atoms with E-state index >= 15 is 0 Å². The largest absolute Gasteiger partial charge is 0.497 e. The Morgan fingerprint density at radius 1 is 1.04 bits per heavy atom. The van der Waals surface area contributed by atoms with E-state index in [0.29, 0.717) is 5.57 Å². The Kier molecular flexibility index (Phi) is 6.24. The van der Waals surface area contributed by atoms with E-state index in [9.17, 15) is 9.59 Å². The maximum Gasteiger partial charge on any atom is 0.267 e. The molecule has 0 spiro atoms. The Labute approximate surface area is 163 Å². The number of hydrogen-bond donors (Lipinski definition) is 3. The molecular formula is C22H22N2O4. The van der Waals surface area contributed by atoms with E-state index in [-0.39, 0.29) is 11.9 Å². The van der Waals surface area contributed by atoms with Gasteiger partial charge in [-0.1, -0.05) is 36.4 Å². The van der Waals surface area contributed by atoms with Crippen LogP contribution in [0.2, 0.25) is 0 Å². The molecule has 0 bridgehead atoms. The van der Waals surface area contributed by atoms with Crippen LogP contribution in [0.4, 0.5) is 0 Å². The summed E-state index contributed by atoms with van der Waals surface area (Å²) in [6.07, 6.45) is 6.70. The van der Waals surface area contributed by atoms with Crippen molar-refractivity contribution < 1.29 is 19.5 Å². The molecule has 1 aliphatic rings. The van der Waals surface area contributed by atoms with Crippen molar-refractivity contribution in [1.82, 2.24) is 10.8 Å². The summed E-state index contributed by atoms with van der Waals surface area (Å²) in [7, 11) is 1.60. The summed E-state index contributed by atoms with van der Waals surface area (Å²) < 4.78 is 5.19. The number of ether oxygens (including phenoxy) is 1. The van der Waals surface area contributed by atoms with Crippen molar-refractivity contribution >= 4 is 29.5 Å². The molecule has 1 saturated carbocycles. The second kappa shape index (κ2) is 9.01. The molecule has 3 N–H and O–H groups in total. The number of benzene rings is 2. The van der Waals surface area contributed by atoms with Gasteiger partial charge in [-0.3, -0.25) is 14.8 Å². The van der Waals surface area contributed by atoms with E-state index in [2.05, 4.69) is 5.32 Å². The van der Waals surface area contributed by atoms with Crippen LogP contribution in [0, 0.1) is 0 Å². The zero-order valence-electron chi connectivity index (χ0n) is 15.5. The molecule has 2 amide bonds. The van der Waals surface area contributed by atoms with Crippen LogP contribution in [0.3, 0.4) is 0 Å². The van der Waals surface area contributed by atoms with Gasteiger partial charge in [0.15, 0.2) is 0 Å². The Morgan fingerprint density at radius 2 is 1.68 bits per heavy atom. The summed E-state index contributed by atoms with van der Waals surface area (Å²) in [5.74, 6) is 0.0347. The smallest absolute Gasteiger partial charge is 0.267 e. The minimum absolute atomic E-state index is 0.101. The number of nitrogens with one attached hydrogen (secondary N) is 2. The average Bonchev–Trinajstić information content (AvgIpc) is 3.55. The molecule has 0 saturated heterocycles. The summed E-state index contributed by atoms with van der Waals surface area (Å²) in [4.78, 5) is 23.8. The van der Waals surface area contributed by atoms with Crippen LogP contribution in [0.15, 0.2) is 54.6 Å². The van der Waals surface area contributed by atoms with Gasteiger partial charge < -0.3 is 10.1 Å². The van der Waals surface area contributed by atoms with Crippen LogP contribution in [-0.4, -0.2) is 30.2 Å². The standard InChI is InChI=1S/C22H22N2O4/c1-28-19-11-7-17(8-12-19)20(22(26)23-18-9-10-18)14-16-4-2-15(3-5-16)6-13-21(25)24-27/h2-8,11-14,18,27H,9-10H2,1H3,(H,23,26)(H,24,25)/b13-6+,20-14-. The van der Waals surface area contributed by atoms with Crippen LogP contribution in [0.25, 0.3) is 17.7 Å². The highest BCUT2D eigenvalue weighted by Gasteiger charge is 2.25. The molecule has 1 aliphatic carbocycles. The van der Waals surface area contributed by atoms with Crippen molar-refractivity contribution in [3.63, 3.8) is 0 Å². The molecule has 0 unspecified atom stereocenters. The van der Waals surface area contributed by atoms with Crippen LogP contribution >= 0.6 is 0 Å². The lowest BCUT2D eigenvalue weighted by molar-refractivity contribution is -0.124. The number of carbonyl (C=O) groups is 2. The molecule has 6 heteroatoms. The molecule has 0 atom stereocenters. The van der Waals surface area contributed by atoms with Gasteiger partial charge in [-0.15, -0.1) is 0 Å². The first-order valence-electron chi connectivity index (χ1n) is 8.98. The Balaban J connectivity index is 1.85. The molecule has 0 aliphatic heterocycles. The molecule has 3 rings (SSSR count). The topological polar surface area (TPSA) is 87.7 Å². The highest BCUT2D eigenvalue weighted by Crippen LogP contribution is 2.25. The maximum absolute atomic E-state index is 12.7. The van der Waals surface area contributed by atoms with Crippen molar-refractivity contribution in [1.29, 1.82) is 0 Å². The number of hydroxylamine groups is 1. The minimum Gasteiger partial charge on any atom is -0.497 e. The zero-order valence-corrected chi connectivity index (χ0v) is 15.5. The van der Waals surface area contributed by atoms with Crippen molar-refractivity contribution in [2.24, 2.45) is 0 Å². The second-order valence-corrected chi connectivity index (χ2v) is 6.51. The normalized spacial score (nSPS) is 14.0. The van der Waals surface area contributed by atoms with E-state index < -0.39 is 5.91 Å². The molecular weight excluding hydrogens is 356 g/mol. The van der Waals surface area contributed by atoms with Crippen molar-refractivity contribution in [2.75, 3.05) is 7.11 Å². The van der Waals surface area contributed by atoms with Gasteiger partial charge in [-0.2, -0.15) is 0 Å². The van der Waals surface area contributed by atoms with Crippen LogP contribution < -0.4 is 15.5 Å². The lowest BCUT2D eigenvalue weighted by atomic mass is 10.0. The molecule has 2 aromatic rings. The van der Waals surface area contributed by atoms with Gasteiger partial charge in [-0.05, 0) is 53.8 Å². The van der Waals surface area contributed by atoms with Crippen LogP contribution in [0.5, 0.6) is 5.75 Å². The predicted octanol–water partition coefficient (Wildman–Crippen LogP) is 3.03.